The van der Waals surface area contributed by atoms with Crippen LogP contribution < -0.4 is 15.5 Å². The van der Waals surface area contributed by atoms with Gasteiger partial charge in [-0.25, -0.2) is 0 Å². The maximum absolute atomic E-state index is 13.0. The van der Waals surface area contributed by atoms with Crippen molar-refractivity contribution in [2.24, 2.45) is 0 Å². The van der Waals surface area contributed by atoms with Crippen LogP contribution >= 0.6 is 11.6 Å². The summed E-state index contributed by atoms with van der Waals surface area (Å²) in [6.07, 6.45) is 0. The number of halogens is 1. The number of rotatable bonds is 4. The molecule has 0 saturated carbocycles. The first-order valence-electron chi connectivity index (χ1n) is 9.39. The van der Waals surface area contributed by atoms with Gasteiger partial charge in [0.2, 0.25) is 5.91 Å². The lowest BCUT2D eigenvalue weighted by Crippen LogP contribution is -2.42. The maximum Gasteiger partial charge on any atom is 0.270 e. The summed E-state index contributed by atoms with van der Waals surface area (Å²) in [5, 5.41) is 16.3. The zero-order chi connectivity index (χ0) is 22.8. The minimum absolute atomic E-state index is 0.0445. The van der Waals surface area contributed by atoms with Gasteiger partial charge < -0.3 is 10.6 Å². The molecule has 0 fully saturated rings. The van der Waals surface area contributed by atoms with E-state index in [4.69, 9.17) is 11.6 Å². The van der Waals surface area contributed by atoms with Crippen LogP contribution in [0.1, 0.15) is 20.7 Å². The molecule has 1 heterocycles. The van der Waals surface area contributed by atoms with Crippen molar-refractivity contribution < 1.29 is 19.3 Å². The molecule has 0 spiro atoms. The molecule has 9 nitrogen and oxygen atoms in total. The van der Waals surface area contributed by atoms with E-state index in [1.165, 1.54) is 41.3 Å². The van der Waals surface area contributed by atoms with Gasteiger partial charge in [0.15, 0.2) is 0 Å². The molecule has 0 radical (unpaired) electrons. The molecule has 32 heavy (non-hydrogen) atoms. The monoisotopic (exact) mass is 450 g/mol. The maximum atomic E-state index is 13.0. The zero-order valence-corrected chi connectivity index (χ0v) is 17.1. The second kappa shape index (κ2) is 8.48. The van der Waals surface area contributed by atoms with Gasteiger partial charge in [-0.2, -0.15) is 0 Å². The van der Waals surface area contributed by atoms with Crippen LogP contribution in [0.25, 0.3) is 0 Å². The molecular formula is C22H15ClN4O5. The van der Waals surface area contributed by atoms with Gasteiger partial charge in [0.25, 0.3) is 17.5 Å². The number of fused-ring (bicyclic) bond motifs is 1. The number of nitrogens with zero attached hydrogens (tertiary/aromatic N) is 2. The number of non-ortho nitro benzene ring substituents is 1. The lowest BCUT2D eigenvalue weighted by Gasteiger charge is -2.29. The van der Waals surface area contributed by atoms with Crippen LogP contribution in [0.2, 0.25) is 5.02 Å². The van der Waals surface area contributed by atoms with Gasteiger partial charge in [0.05, 0.1) is 26.9 Å². The SMILES string of the molecule is O=C1CN(C(=O)c2ccc(NC(=O)c3cc([N+](=O)[O-])ccc3Cl)cc2)c2ccccc2N1. The predicted molar refractivity (Wildman–Crippen MR) is 119 cm³/mol. The minimum Gasteiger partial charge on any atom is -0.323 e. The molecule has 2 N–H and O–H groups in total. The van der Waals surface area contributed by atoms with Gasteiger partial charge in [-0.3, -0.25) is 29.4 Å². The van der Waals surface area contributed by atoms with Crippen molar-refractivity contribution in [1.82, 2.24) is 0 Å². The third kappa shape index (κ3) is 4.14. The number of nitro benzene ring substituents is 1. The summed E-state index contributed by atoms with van der Waals surface area (Å²) >= 11 is 6.00. The number of nitrogens with one attached hydrogen (secondary N) is 2. The molecule has 1 aliphatic rings. The van der Waals surface area contributed by atoms with Gasteiger partial charge >= 0.3 is 0 Å². The molecule has 0 unspecified atom stereocenters. The Morgan fingerprint density at radius 2 is 1.78 bits per heavy atom. The Bertz CT molecular complexity index is 1260. The van der Waals surface area contributed by atoms with Crippen molar-refractivity contribution >= 4 is 52.1 Å². The molecule has 0 aromatic heterocycles. The summed E-state index contributed by atoms with van der Waals surface area (Å²) in [6.45, 7) is -0.111. The number of carbonyl (C=O) groups excluding carboxylic acids is 3. The molecule has 0 saturated heterocycles. The fraction of sp³-hybridized carbons (Fsp3) is 0.0455. The molecule has 3 amide bonds. The van der Waals surface area contributed by atoms with Crippen molar-refractivity contribution in [2.75, 3.05) is 22.1 Å². The highest BCUT2D eigenvalue weighted by molar-refractivity contribution is 6.34. The highest BCUT2D eigenvalue weighted by atomic mass is 35.5. The largest absolute Gasteiger partial charge is 0.323 e. The molecule has 160 valence electrons. The van der Waals surface area contributed by atoms with E-state index < -0.39 is 10.8 Å². The molecule has 4 rings (SSSR count). The van der Waals surface area contributed by atoms with E-state index in [0.29, 0.717) is 22.6 Å². The third-order valence-corrected chi connectivity index (χ3v) is 5.14. The number of hydrogen-bond acceptors (Lipinski definition) is 5. The van der Waals surface area contributed by atoms with Crippen LogP contribution in [0.15, 0.2) is 66.7 Å². The highest BCUT2D eigenvalue weighted by Crippen LogP contribution is 2.30. The van der Waals surface area contributed by atoms with Crippen LogP contribution in [0.4, 0.5) is 22.7 Å². The highest BCUT2D eigenvalue weighted by Gasteiger charge is 2.27. The number of hydrogen-bond donors (Lipinski definition) is 2. The zero-order valence-electron chi connectivity index (χ0n) is 16.4. The molecule has 0 atom stereocenters. The third-order valence-electron chi connectivity index (χ3n) is 4.81. The molecule has 0 aliphatic carbocycles. The quantitative estimate of drug-likeness (QED) is 0.457. The normalized spacial score (nSPS) is 12.5. The van der Waals surface area contributed by atoms with Gasteiger partial charge in [-0.15, -0.1) is 0 Å². The predicted octanol–water partition coefficient (Wildman–Crippen LogP) is 4.10. The molecule has 1 aliphatic heterocycles. The molecule has 3 aromatic rings. The first kappa shape index (κ1) is 21.0. The summed E-state index contributed by atoms with van der Waals surface area (Å²) in [7, 11) is 0. The summed E-state index contributed by atoms with van der Waals surface area (Å²) in [4.78, 5) is 49.2. The fourth-order valence-corrected chi connectivity index (χ4v) is 3.47. The molecule has 0 bridgehead atoms. The van der Waals surface area contributed by atoms with E-state index >= 15 is 0 Å². The van der Waals surface area contributed by atoms with E-state index in [0.717, 1.165) is 6.07 Å². The van der Waals surface area contributed by atoms with Crippen LogP contribution in [-0.2, 0) is 4.79 Å². The summed E-state index contributed by atoms with van der Waals surface area (Å²) in [5.41, 5.74) is 1.53. The van der Waals surface area contributed by atoms with Gasteiger partial charge in [0, 0.05) is 23.4 Å². The van der Waals surface area contributed by atoms with Gasteiger partial charge in [-0.05, 0) is 42.5 Å². The lowest BCUT2D eigenvalue weighted by atomic mass is 10.1. The average Bonchev–Trinajstić information content (AvgIpc) is 2.78. The van der Waals surface area contributed by atoms with Gasteiger partial charge in [-0.1, -0.05) is 23.7 Å². The second-order valence-corrected chi connectivity index (χ2v) is 7.32. The Morgan fingerprint density at radius 3 is 2.50 bits per heavy atom. The van der Waals surface area contributed by atoms with E-state index in [1.54, 1.807) is 24.3 Å². The first-order chi connectivity index (χ1) is 15.3. The Kier molecular flexibility index (Phi) is 5.57. The number of benzene rings is 3. The Morgan fingerprint density at radius 1 is 1.06 bits per heavy atom. The van der Waals surface area contributed by atoms with Crippen molar-refractivity contribution in [2.45, 2.75) is 0 Å². The molecule has 10 heteroatoms. The molecular weight excluding hydrogens is 436 g/mol. The number of para-hydroxylation sites is 2. The van der Waals surface area contributed by atoms with Crippen molar-refractivity contribution in [3.63, 3.8) is 0 Å². The first-order valence-corrected chi connectivity index (χ1v) is 9.77. The number of amides is 3. The van der Waals surface area contributed by atoms with E-state index in [9.17, 15) is 24.5 Å². The summed E-state index contributed by atoms with van der Waals surface area (Å²) in [6, 6.07) is 16.6. The van der Waals surface area contributed by atoms with Crippen LogP contribution in [0, 0.1) is 10.1 Å². The summed E-state index contributed by atoms with van der Waals surface area (Å²) in [5.74, 6) is -1.29. The Hall–Kier alpha value is -4.24. The second-order valence-electron chi connectivity index (χ2n) is 6.91. The Labute approximate surface area is 186 Å². The smallest absolute Gasteiger partial charge is 0.270 e. The van der Waals surface area contributed by atoms with E-state index in [1.807, 2.05) is 0 Å². The minimum atomic E-state index is -0.626. The van der Waals surface area contributed by atoms with Crippen molar-refractivity contribution in [3.05, 3.63) is 93.0 Å². The summed E-state index contributed by atoms with van der Waals surface area (Å²) < 4.78 is 0. The Balaban J connectivity index is 1.52. The van der Waals surface area contributed by atoms with Gasteiger partial charge in [0.1, 0.15) is 6.54 Å². The standard InChI is InChI=1S/C22H15ClN4O5/c23-17-10-9-15(27(31)32)11-16(17)21(29)24-14-7-5-13(6-8-14)22(30)26-12-20(28)25-18-3-1-2-4-19(18)26/h1-11H,12H2,(H,24,29)(H,25,28). The van der Waals surface area contributed by atoms with Crippen molar-refractivity contribution in [3.8, 4) is 0 Å². The number of nitro groups is 1. The van der Waals surface area contributed by atoms with E-state index in [-0.39, 0.29) is 34.6 Å². The van der Waals surface area contributed by atoms with Crippen LogP contribution in [-0.4, -0.2) is 29.2 Å². The molecule has 3 aromatic carbocycles. The topological polar surface area (TPSA) is 122 Å². The number of carbonyl (C=O) groups is 3. The lowest BCUT2D eigenvalue weighted by molar-refractivity contribution is -0.384. The average molecular weight is 451 g/mol. The van der Waals surface area contributed by atoms with Crippen molar-refractivity contribution in [1.29, 1.82) is 0 Å². The fourth-order valence-electron chi connectivity index (χ4n) is 3.27. The number of anilines is 3. The van der Waals surface area contributed by atoms with Crippen LogP contribution in [0.3, 0.4) is 0 Å². The van der Waals surface area contributed by atoms with Crippen LogP contribution in [0.5, 0.6) is 0 Å². The van der Waals surface area contributed by atoms with E-state index in [2.05, 4.69) is 10.6 Å².